The molecule has 6 N–H and O–H groups in total. The van der Waals surface area contributed by atoms with Gasteiger partial charge in [-0.25, -0.2) is 0 Å². The van der Waals surface area contributed by atoms with Gasteiger partial charge in [0.05, 0.1) is 19.3 Å². The van der Waals surface area contributed by atoms with Crippen LogP contribution in [0.3, 0.4) is 0 Å². The third-order valence-corrected chi connectivity index (χ3v) is 5.60. The molecule has 0 radical (unpaired) electrons. The Balaban J connectivity index is 1.52. The second kappa shape index (κ2) is 11.1. The van der Waals surface area contributed by atoms with Gasteiger partial charge in [-0.1, -0.05) is 30.3 Å². The van der Waals surface area contributed by atoms with Gasteiger partial charge in [0.15, 0.2) is 12.6 Å². The van der Waals surface area contributed by atoms with Crippen LogP contribution in [0.2, 0.25) is 0 Å². The zero-order valence-corrected chi connectivity index (χ0v) is 17.3. The van der Waals surface area contributed by atoms with Crippen molar-refractivity contribution in [1.82, 2.24) is 0 Å². The maximum Gasteiger partial charge on any atom is 0.186 e. The SMILES string of the molecule is C[C@@H](CCc1ccccc1)O[C@@H]1O[C@H](CO[C@@H]2OC[C@@H](O)[C@H](O)[C@H]2O)[C@@H](O)[C@H](O)[C@H]1O. The van der Waals surface area contributed by atoms with Crippen LogP contribution in [0.4, 0.5) is 0 Å². The molecule has 10 atom stereocenters. The topological polar surface area (TPSA) is 158 Å². The average Bonchev–Trinajstić information content (AvgIpc) is 2.77. The van der Waals surface area contributed by atoms with E-state index in [4.69, 9.17) is 18.9 Å². The van der Waals surface area contributed by atoms with Crippen LogP contribution in [0.5, 0.6) is 0 Å². The first-order chi connectivity index (χ1) is 14.8. The maximum absolute atomic E-state index is 10.3. The Labute approximate surface area is 180 Å². The second-order valence-corrected chi connectivity index (χ2v) is 8.07. The molecule has 2 aliphatic heterocycles. The highest BCUT2D eigenvalue weighted by atomic mass is 16.7. The summed E-state index contributed by atoms with van der Waals surface area (Å²) in [6.45, 7) is 1.28. The van der Waals surface area contributed by atoms with Crippen LogP contribution < -0.4 is 0 Å². The van der Waals surface area contributed by atoms with Gasteiger partial charge < -0.3 is 49.6 Å². The van der Waals surface area contributed by atoms with E-state index in [-0.39, 0.29) is 19.3 Å². The zero-order valence-electron chi connectivity index (χ0n) is 17.3. The van der Waals surface area contributed by atoms with Crippen molar-refractivity contribution in [3.05, 3.63) is 35.9 Å². The fraction of sp³-hybridized carbons (Fsp3) is 0.714. The van der Waals surface area contributed by atoms with Crippen LogP contribution in [-0.4, -0.2) is 105 Å². The molecule has 1 aromatic carbocycles. The minimum atomic E-state index is -1.53. The number of hydrogen-bond acceptors (Lipinski definition) is 10. The van der Waals surface area contributed by atoms with Crippen molar-refractivity contribution < 1.29 is 49.6 Å². The van der Waals surface area contributed by atoms with Crippen LogP contribution in [0.1, 0.15) is 18.9 Å². The lowest BCUT2D eigenvalue weighted by Gasteiger charge is -2.42. The van der Waals surface area contributed by atoms with Gasteiger partial charge in [-0.15, -0.1) is 0 Å². The van der Waals surface area contributed by atoms with Crippen LogP contribution in [-0.2, 0) is 25.4 Å². The molecule has 10 nitrogen and oxygen atoms in total. The number of ether oxygens (including phenoxy) is 4. The van der Waals surface area contributed by atoms with Gasteiger partial charge in [-0.3, -0.25) is 0 Å². The molecule has 0 spiro atoms. The van der Waals surface area contributed by atoms with Crippen molar-refractivity contribution in [2.45, 2.75) is 81.2 Å². The normalized spacial score (nSPS) is 39.9. The molecule has 2 aliphatic rings. The molecule has 10 heteroatoms. The molecule has 176 valence electrons. The summed E-state index contributed by atoms with van der Waals surface area (Å²) in [5.74, 6) is 0. The first kappa shape index (κ1) is 24.5. The molecule has 0 aliphatic carbocycles. The smallest absolute Gasteiger partial charge is 0.186 e. The average molecular weight is 444 g/mol. The highest BCUT2D eigenvalue weighted by Gasteiger charge is 2.46. The lowest BCUT2D eigenvalue weighted by atomic mass is 9.99. The van der Waals surface area contributed by atoms with Crippen LogP contribution >= 0.6 is 0 Å². The van der Waals surface area contributed by atoms with Gasteiger partial charge in [-0.05, 0) is 25.3 Å². The summed E-state index contributed by atoms with van der Waals surface area (Å²) >= 11 is 0. The van der Waals surface area contributed by atoms with E-state index in [0.717, 1.165) is 12.0 Å². The summed E-state index contributed by atoms with van der Waals surface area (Å²) in [4.78, 5) is 0. The Bertz CT molecular complexity index is 661. The van der Waals surface area contributed by atoms with Crippen molar-refractivity contribution in [3.63, 3.8) is 0 Å². The molecule has 2 heterocycles. The summed E-state index contributed by atoms with van der Waals surface area (Å²) in [6, 6.07) is 9.84. The van der Waals surface area contributed by atoms with Gasteiger partial charge in [0, 0.05) is 0 Å². The van der Waals surface area contributed by atoms with E-state index < -0.39 is 55.3 Å². The Hall–Kier alpha value is -1.18. The molecular weight excluding hydrogens is 412 g/mol. The molecular formula is C21H32O10. The second-order valence-electron chi connectivity index (χ2n) is 8.07. The molecule has 0 aromatic heterocycles. The van der Waals surface area contributed by atoms with E-state index in [1.54, 1.807) is 0 Å². The van der Waals surface area contributed by atoms with E-state index >= 15 is 0 Å². The minimum Gasteiger partial charge on any atom is -0.388 e. The molecule has 31 heavy (non-hydrogen) atoms. The fourth-order valence-electron chi connectivity index (χ4n) is 3.59. The molecule has 1 aromatic rings. The number of rotatable bonds is 8. The Morgan fingerprint density at radius 2 is 1.58 bits per heavy atom. The van der Waals surface area contributed by atoms with Crippen LogP contribution in [0.15, 0.2) is 30.3 Å². The number of aliphatic hydroxyl groups is 6. The first-order valence-corrected chi connectivity index (χ1v) is 10.4. The molecule has 2 fully saturated rings. The summed E-state index contributed by atoms with van der Waals surface area (Å²) in [5.41, 5.74) is 1.14. The number of hydrogen-bond donors (Lipinski definition) is 6. The Morgan fingerprint density at radius 1 is 0.903 bits per heavy atom. The number of aliphatic hydroxyl groups excluding tert-OH is 6. The van der Waals surface area contributed by atoms with Gasteiger partial charge >= 0.3 is 0 Å². The lowest BCUT2D eigenvalue weighted by molar-refractivity contribution is -0.326. The van der Waals surface area contributed by atoms with Gasteiger partial charge in [0.2, 0.25) is 0 Å². The molecule has 3 rings (SSSR count). The van der Waals surface area contributed by atoms with E-state index in [2.05, 4.69) is 0 Å². The van der Waals surface area contributed by atoms with E-state index in [1.165, 1.54) is 0 Å². The van der Waals surface area contributed by atoms with Crippen molar-refractivity contribution in [3.8, 4) is 0 Å². The van der Waals surface area contributed by atoms with Crippen molar-refractivity contribution in [2.75, 3.05) is 13.2 Å². The predicted molar refractivity (Wildman–Crippen MR) is 106 cm³/mol. The van der Waals surface area contributed by atoms with Crippen molar-refractivity contribution in [1.29, 1.82) is 0 Å². The lowest BCUT2D eigenvalue weighted by Crippen LogP contribution is -2.60. The van der Waals surface area contributed by atoms with E-state index in [0.29, 0.717) is 6.42 Å². The Morgan fingerprint density at radius 3 is 2.29 bits per heavy atom. The number of aryl methyl sites for hydroxylation is 1. The molecule has 0 unspecified atom stereocenters. The molecule has 0 amide bonds. The fourth-order valence-corrected chi connectivity index (χ4v) is 3.59. The Kier molecular flexibility index (Phi) is 8.76. The molecule has 2 saturated heterocycles. The molecule has 0 bridgehead atoms. The third kappa shape index (κ3) is 6.20. The summed E-state index contributed by atoms with van der Waals surface area (Å²) in [5, 5.41) is 59.9. The minimum absolute atomic E-state index is 0.233. The van der Waals surface area contributed by atoms with E-state index in [1.807, 2.05) is 37.3 Å². The standard InChI is InChI=1S/C21H32O10/c1-11(7-8-12-5-3-2-4-6-12)30-21-19(27)17(25)16(24)14(31-21)10-29-20-18(26)15(23)13(22)9-28-20/h2-6,11,13-27H,7-10H2,1H3/t11-,13+,14+,15-,16+,17-,18+,19+,20-,21+/m0/s1. The zero-order chi connectivity index (χ0) is 22.5. The quantitative estimate of drug-likeness (QED) is 0.273. The van der Waals surface area contributed by atoms with Gasteiger partial charge in [0.25, 0.3) is 0 Å². The third-order valence-electron chi connectivity index (χ3n) is 5.60. The maximum atomic E-state index is 10.3. The van der Waals surface area contributed by atoms with Gasteiger partial charge in [-0.2, -0.15) is 0 Å². The highest BCUT2D eigenvalue weighted by molar-refractivity contribution is 5.14. The summed E-state index contributed by atoms with van der Waals surface area (Å²) in [6.07, 6.45) is -11.0. The van der Waals surface area contributed by atoms with Crippen LogP contribution in [0.25, 0.3) is 0 Å². The summed E-state index contributed by atoms with van der Waals surface area (Å²) < 4.78 is 21.9. The first-order valence-electron chi connectivity index (χ1n) is 10.4. The predicted octanol–water partition coefficient (Wildman–Crippen LogP) is -1.71. The largest absolute Gasteiger partial charge is 0.388 e. The molecule has 0 saturated carbocycles. The monoisotopic (exact) mass is 444 g/mol. The van der Waals surface area contributed by atoms with Crippen molar-refractivity contribution in [2.24, 2.45) is 0 Å². The van der Waals surface area contributed by atoms with Crippen molar-refractivity contribution >= 4 is 0 Å². The number of benzene rings is 1. The van der Waals surface area contributed by atoms with Crippen LogP contribution in [0, 0.1) is 0 Å². The summed E-state index contributed by atoms with van der Waals surface area (Å²) in [7, 11) is 0. The van der Waals surface area contributed by atoms with Gasteiger partial charge in [0.1, 0.15) is 42.7 Å². The van der Waals surface area contributed by atoms with E-state index in [9.17, 15) is 30.6 Å². The highest BCUT2D eigenvalue weighted by Crippen LogP contribution is 2.25.